The number of rotatable bonds is 0. The summed E-state index contributed by atoms with van der Waals surface area (Å²) in [5.41, 5.74) is 4.62. The van der Waals surface area contributed by atoms with E-state index in [1.165, 1.54) is 11.1 Å². The van der Waals surface area contributed by atoms with Crippen molar-refractivity contribution in [3.8, 4) is 6.07 Å². The van der Waals surface area contributed by atoms with Gasteiger partial charge in [0, 0.05) is 0 Å². The molecule has 1 aromatic carbocycles. The van der Waals surface area contributed by atoms with Gasteiger partial charge in [-0.15, -0.1) is 0 Å². The van der Waals surface area contributed by atoms with Gasteiger partial charge in [-0.25, -0.2) is 0 Å². The molecule has 0 fully saturated rings. The SMILES string of the molecule is Cc1cccc2c1CCC=C2C#N. The van der Waals surface area contributed by atoms with E-state index in [9.17, 15) is 0 Å². The van der Waals surface area contributed by atoms with E-state index in [2.05, 4.69) is 19.1 Å². The molecule has 0 aromatic heterocycles. The van der Waals surface area contributed by atoms with Crippen molar-refractivity contribution in [1.29, 1.82) is 5.26 Å². The molecule has 1 aliphatic rings. The second-order valence-corrected chi connectivity index (χ2v) is 3.37. The Kier molecular flexibility index (Phi) is 1.90. The zero-order chi connectivity index (χ0) is 9.26. The minimum Gasteiger partial charge on any atom is -0.192 e. The summed E-state index contributed by atoms with van der Waals surface area (Å²) in [6.07, 6.45) is 4.11. The minimum atomic E-state index is 0.838. The first-order valence-corrected chi connectivity index (χ1v) is 4.52. The van der Waals surface area contributed by atoms with Crippen LogP contribution in [0.3, 0.4) is 0 Å². The molecule has 1 heteroatoms. The Labute approximate surface area is 78.3 Å². The van der Waals surface area contributed by atoms with Crippen LogP contribution in [0.2, 0.25) is 0 Å². The maximum absolute atomic E-state index is 8.91. The van der Waals surface area contributed by atoms with Crippen LogP contribution in [0, 0.1) is 18.3 Å². The number of hydrogen-bond donors (Lipinski definition) is 0. The molecule has 0 radical (unpaired) electrons. The van der Waals surface area contributed by atoms with Crippen LogP contribution in [0.1, 0.15) is 23.1 Å². The smallest absolute Gasteiger partial charge is 0.0994 e. The number of benzene rings is 1. The van der Waals surface area contributed by atoms with E-state index in [1.54, 1.807) is 0 Å². The van der Waals surface area contributed by atoms with Crippen LogP contribution in [0.4, 0.5) is 0 Å². The molecule has 2 rings (SSSR count). The van der Waals surface area contributed by atoms with Gasteiger partial charge in [0.15, 0.2) is 0 Å². The number of fused-ring (bicyclic) bond motifs is 1. The molecule has 0 N–H and O–H groups in total. The standard InChI is InChI=1S/C12H11N/c1-9-4-2-7-12-10(8-13)5-3-6-11(9)12/h2,4-5,7H,3,6H2,1H3. The molecule has 0 heterocycles. The van der Waals surface area contributed by atoms with Crippen molar-refractivity contribution >= 4 is 5.57 Å². The Balaban J connectivity index is 2.63. The number of nitriles is 1. The second-order valence-electron chi connectivity index (χ2n) is 3.37. The summed E-state index contributed by atoms with van der Waals surface area (Å²) < 4.78 is 0. The van der Waals surface area contributed by atoms with E-state index < -0.39 is 0 Å². The molecule has 0 saturated heterocycles. The van der Waals surface area contributed by atoms with Crippen LogP contribution in [0.5, 0.6) is 0 Å². The fourth-order valence-electron chi connectivity index (χ4n) is 1.86. The number of allylic oxidation sites excluding steroid dienone is 2. The molecule has 0 bridgehead atoms. The molecule has 0 spiro atoms. The molecule has 64 valence electrons. The lowest BCUT2D eigenvalue weighted by atomic mass is 9.89. The first-order valence-electron chi connectivity index (χ1n) is 4.52. The van der Waals surface area contributed by atoms with Crippen LogP contribution < -0.4 is 0 Å². The van der Waals surface area contributed by atoms with Crippen molar-refractivity contribution in [2.24, 2.45) is 0 Å². The third-order valence-corrected chi connectivity index (χ3v) is 2.56. The molecule has 1 aliphatic carbocycles. The molecule has 1 nitrogen and oxygen atoms in total. The van der Waals surface area contributed by atoms with Crippen LogP contribution in [-0.4, -0.2) is 0 Å². The highest BCUT2D eigenvalue weighted by molar-refractivity contribution is 5.80. The maximum atomic E-state index is 8.91. The fraction of sp³-hybridized carbons (Fsp3) is 0.250. The Morgan fingerprint density at radius 2 is 2.23 bits per heavy atom. The van der Waals surface area contributed by atoms with Gasteiger partial charge in [0.05, 0.1) is 11.6 Å². The molecule has 0 saturated carbocycles. The Hall–Kier alpha value is -1.55. The van der Waals surface area contributed by atoms with Gasteiger partial charge in [-0.2, -0.15) is 5.26 Å². The lowest BCUT2D eigenvalue weighted by molar-refractivity contribution is 0.965. The molecule has 0 unspecified atom stereocenters. The monoisotopic (exact) mass is 169 g/mol. The average molecular weight is 169 g/mol. The van der Waals surface area contributed by atoms with Crippen LogP contribution >= 0.6 is 0 Å². The molecule has 13 heavy (non-hydrogen) atoms. The predicted octanol–water partition coefficient (Wildman–Crippen LogP) is 2.85. The minimum absolute atomic E-state index is 0.838. The van der Waals surface area contributed by atoms with Crippen molar-refractivity contribution in [2.75, 3.05) is 0 Å². The van der Waals surface area contributed by atoms with E-state index in [-0.39, 0.29) is 0 Å². The van der Waals surface area contributed by atoms with Crippen molar-refractivity contribution in [1.82, 2.24) is 0 Å². The summed E-state index contributed by atoms with van der Waals surface area (Å²) in [6.45, 7) is 2.11. The van der Waals surface area contributed by atoms with Gasteiger partial charge in [-0.3, -0.25) is 0 Å². The van der Waals surface area contributed by atoms with Crippen molar-refractivity contribution in [3.63, 3.8) is 0 Å². The summed E-state index contributed by atoms with van der Waals surface area (Å²) in [4.78, 5) is 0. The van der Waals surface area contributed by atoms with E-state index >= 15 is 0 Å². The van der Waals surface area contributed by atoms with Gasteiger partial charge in [-0.05, 0) is 36.5 Å². The third kappa shape index (κ3) is 1.25. The molecule has 0 aliphatic heterocycles. The van der Waals surface area contributed by atoms with Crippen LogP contribution in [-0.2, 0) is 6.42 Å². The van der Waals surface area contributed by atoms with Crippen LogP contribution in [0.15, 0.2) is 24.3 Å². The quantitative estimate of drug-likeness (QED) is 0.585. The zero-order valence-corrected chi connectivity index (χ0v) is 7.67. The first kappa shape index (κ1) is 8.07. The van der Waals surface area contributed by atoms with Crippen LogP contribution in [0.25, 0.3) is 5.57 Å². The van der Waals surface area contributed by atoms with Gasteiger partial charge in [0.25, 0.3) is 0 Å². The largest absolute Gasteiger partial charge is 0.192 e. The first-order chi connectivity index (χ1) is 6.33. The van der Waals surface area contributed by atoms with E-state index in [1.807, 2.05) is 18.2 Å². The van der Waals surface area contributed by atoms with E-state index in [0.717, 1.165) is 24.0 Å². The van der Waals surface area contributed by atoms with Gasteiger partial charge in [0.2, 0.25) is 0 Å². The number of aryl methyl sites for hydroxylation is 1. The molecular formula is C12H11N. The number of nitrogens with zero attached hydrogens (tertiary/aromatic N) is 1. The third-order valence-electron chi connectivity index (χ3n) is 2.56. The van der Waals surface area contributed by atoms with Crippen molar-refractivity contribution in [2.45, 2.75) is 19.8 Å². The van der Waals surface area contributed by atoms with Crippen molar-refractivity contribution in [3.05, 3.63) is 41.0 Å². The van der Waals surface area contributed by atoms with Gasteiger partial charge < -0.3 is 0 Å². The Morgan fingerprint density at radius 3 is 3.00 bits per heavy atom. The fourth-order valence-corrected chi connectivity index (χ4v) is 1.86. The highest BCUT2D eigenvalue weighted by Crippen LogP contribution is 2.27. The highest BCUT2D eigenvalue weighted by atomic mass is 14.3. The molecular weight excluding hydrogens is 158 g/mol. The predicted molar refractivity (Wildman–Crippen MR) is 53.1 cm³/mol. The summed E-state index contributed by atoms with van der Waals surface area (Å²) in [7, 11) is 0. The normalized spacial score (nSPS) is 14.3. The van der Waals surface area contributed by atoms with Gasteiger partial charge in [-0.1, -0.05) is 24.3 Å². The summed E-state index contributed by atoms with van der Waals surface area (Å²) in [5.74, 6) is 0. The molecule has 0 amide bonds. The Bertz CT molecular complexity index is 408. The lowest BCUT2D eigenvalue weighted by Gasteiger charge is -2.15. The highest BCUT2D eigenvalue weighted by Gasteiger charge is 2.12. The summed E-state index contributed by atoms with van der Waals surface area (Å²) >= 11 is 0. The van der Waals surface area contributed by atoms with Gasteiger partial charge >= 0.3 is 0 Å². The number of hydrogen-bond acceptors (Lipinski definition) is 1. The zero-order valence-electron chi connectivity index (χ0n) is 7.67. The topological polar surface area (TPSA) is 23.8 Å². The van der Waals surface area contributed by atoms with E-state index in [4.69, 9.17) is 5.26 Å². The molecule has 1 aromatic rings. The second kappa shape index (κ2) is 3.06. The lowest BCUT2D eigenvalue weighted by Crippen LogP contribution is -2.00. The summed E-state index contributed by atoms with van der Waals surface area (Å²) in [5, 5.41) is 8.91. The molecule has 0 atom stereocenters. The Morgan fingerprint density at radius 1 is 1.38 bits per heavy atom. The van der Waals surface area contributed by atoms with Gasteiger partial charge in [0.1, 0.15) is 0 Å². The average Bonchev–Trinajstić information content (AvgIpc) is 2.18. The van der Waals surface area contributed by atoms with E-state index in [0.29, 0.717) is 0 Å². The van der Waals surface area contributed by atoms with Crippen molar-refractivity contribution < 1.29 is 0 Å². The summed E-state index contributed by atoms with van der Waals surface area (Å²) in [6, 6.07) is 8.42. The maximum Gasteiger partial charge on any atom is 0.0994 e.